The van der Waals surface area contributed by atoms with Gasteiger partial charge in [0.15, 0.2) is 0 Å². The van der Waals surface area contributed by atoms with Gasteiger partial charge in [0.05, 0.1) is 13.2 Å². The molecule has 2 amide bonds. The van der Waals surface area contributed by atoms with Crippen LogP contribution in [-0.2, 0) is 11.2 Å². The van der Waals surface area contributed by atoms with Crippen LogP contribution in [0.5, 0.6) is 0 Å². The molecule has 0 aliphatic carbocycles. The van der Waals surface area contributed by atoms with Crippen molar-refractivity contribution in [2.24, 2.45) is 0 Å². The first-order chi connectivity index (χ1) is 8.36. The normalized spacial score (nSPS) is 15.6. The lowest BCUT2D eigenvalue weighted by Gasteiger charge is -2.26. The van der Waals surface area contributed by atoms with Crippen LogP contribution in [0.3, 0.4) is 0 Å². The number of carbonyl (C=O) groups is 1. The zero-order valence-corrected chi connectivity index (χ0v) is 9.76. The lowest BCUT2D eigenvalue weighted by Crippen LogP contribution is -2.46. The minimum absolute atomic E-state index is 0.00218. The van der Waals surface area contributed by atoms with Gasteiger partial charge in [-0.3, -0.25) is 4.98 Å². The third-order valence-electron chi connectivity index (χ3n) is 2.74. The minimum Gasteiger partial charge on any atom is -0.378 e. The summed E-state index contributed by atoms with van der Waals surface area (Å²) >= 11 is 0. The van der Waals surface area contributed by atoms with Gasteiger partial charge in [0, 0.05) is 32.0 Å². The number of amides is 2. The van der Waals surface area contributed by atoms with Crippen LogP contribution in [0, 0.1) is 0 Å². The van der Waals surface area contributed by atoms with E-state index in [2.05, 4.69) is 10.3 Å². The molecule has 2 rings (SSSR count). The Kier molecular flexibility index (Phi) is 4.32. The maximum atomic E-state index is 11.7. The van der Waals surface area contributed by atoms with Crippen molar-refractivity contribution < 1.29 is 9.53 Å². The van der Waals surface area contributed by atoms with Gasteiger partial charge in [-0.15, -0.1) is 0 Å². The summed E-state index contributed by atoms with van der Waals surface area (Å²) in [6.45, 7) is 3.29. The Labute approximate surface area is 101 Å². The van der Waals surface area contributed by atoms with Gasteiger partial charge in [-0.1, -0.05) is 0 Å². The first kappa shape index (κ1) is 11.9. The number of nitrogens with zero attached hydrogens (tertiary/aromatic N) is 2. The Balaban J connectivity index is 1.69. The molecule has 92 valence electrons. The molecule has 0 radical (unpaired) electrons. The second kappa shape index (κ2) is 6.20. The number of pyridine rings is 1. The molecule has 0 spiro atoms. The van der Waals surface area contributed by atoms with Crippen LogP contribution < -0.4 is 5.32 Å². The zero-order chi connectivity index (χ0) is 11.9. The van der Waals surface area contributed by atoms with Crippen molar-refractivity contribution in [1.29, 1.82) is 0 Å². The van der Waals surface area contributed by atoms with E-state index < -0.39 is 0 Å². The number of ether oxygens (including phenoxy) is 1. The third-order valence-corrected chi connectivity index (χ3v) is 2.74. The first-order valence-electron chi connectivity index (χ1n) is 5.86. The van der Waals surface area contributed by atoms with Gasteiger partial charge in [0.2, 0.25) is 0 Å². The highest BCUT2D eigenvalue weighted by atomic mass is 16.5. The SMILES string of the molecule is O=C(NCCc1ccncc1)N1CCOCC1. The van der Waals surface area contributed by atoms with Crippen molar-refractivity contribution in [3.05, 3.63) is 30.1 Å². The fourth-order valence-corrected chi connectivity index (χ4v) is 1.74. The molecule has 1 aromatic heterocycles. The number of hydrogen-bond acceptors (Lipinski definition) is 3. The third kappa shape index (κ3) is 3.71. The van der Waals surface area contributed by atoms with Crippen LogP contribution in [-0.4, -0.2) is 48.8 Å². The second-order valence-corrected chi connectivity index (χ2v) is 3.94. The van der Waals surface area contributed by atoms with E-state index in [9.17, 15) is 4.79 Å². The minimum atomic E-state index is 0.00218. The number of rotatable bonds is 3. The highest BCUT2D eigenvalue weighted by Crippen LogP contribution is 1.98. The van der Waals surface area contributed by atoms with E-state index in [4.69, 9.17) is 4.74 Å². The standard InChI is InChI=1S/C12H17N3O2/c16-12(15-7-9-17-10-8-15)14-6-3-11-1-4-13-5-2-11/h1-2,4-5H,3,6-10H2,(H,14,16). The largest absolute Gasteiger partial charge is 0.378 e. The molecule has 0 atom stereocenters. The summed E-state index contributed by atoms with van der Waals surface area (Å²) in [4.78, 5) is 17.5. The van der Waals surface area contributed by atoms with Gasteiger partial charge in [0.25, 0.3) is 0 Å². The average Bonchev–Trinajstić information content (AvgIpc) is 2.41. The molecule has 1 fully saturated rings. The summed E-state index contributed by atoms with van der Waals surface area (Å²) in [6.07, 6.45) is 4.36. The van der Waals surface area contributed by atoms with Gasteiger partial charge in [0.1, 0.15) is 0 Å². The van der Waals surface area contributed by atoms with E-state index in [0.717, 1.165) is 6.42 Å². The van der Waals surface area contributed by atoms with Gasteiger partial charge in [-0.05, 0) is 24.1 Å². The van der Waals surface area contributed by atoms with Crippen LogP contribution in [0.4, 0.5) is 4.79 Å². The highest BCUT2D eigenvalue weighted by Gasteiger charge is 2.15. The van der Waals surface area contributed by atoms with Crippen molar-refractivity contribution >= 4 is 6.03 Å². The number of urea groups is 1. The van der Waals surface area contributed by atoms with Crippen molar-refractivity contribution in [3.8, 4) is 0 Å². The predicted octanol–water partition coefficient (Wildman–Crippen LogP) is 0.666. The van der Waals surface area contributed by atoms with Crippen molar-refractivity contribution in [1.82, 2.24) is 15.2 Å². The fraction of sp³-hybridized carbons (Fsp3) is 0.500. The lowest BCUT2D eigenvalue weighted by molar-refractivity contribution is 0.0533. The summed E-state index contributed by atoms with van der Waals surface area (Å²) in [5.74, 6) is 0. The lowest BCUT2D eigenvalue weighted by atomic mass is 10.2. The average molecular weight is 235 g/mol. The molecule has 0 aromatic carbocycles. The molecule has 1 aliphatic rings. The number of nitrogens with one attached hydrogen (secondary N) is 1. The number of aromatic nitrogens is 1. The van der Waals surface area contributed by atoms with E-state index in [-0.39, 0.29) is 6.03 Å². The molecule has 2 heterocycles. The van der Waals surface area contributed by atoms with Gasteiger partial charge < -0.3 is 15.0 Å². The maximum Gasteiger partial charge on any atom is 0.317 e. The maximum absolute atomic E-state index is 11.7. The van der Waals surface area contributed by atoms with Crippen LogP contribution in [0.1, 0.15) is 5.56 Å². The molecule has 1 saturated heterocycles. The van der Waals surface area contributed by atoms with Gasteiger partial charge in [-0.25, -0.2) is 4.79 Å². The smallest absolute Gasteiger partial charge is 0.317 e. The van der Waals surface area contributed by atoms with E-state index in [1.165, 1.54) is 5.56 Å². The summed E-state index contributed by atoms with van der Waals surface area (Å²) in [7, 11) is 0. The summed E-state index contributed by atoms with van der Waals surface area (Å²) < 4.78 is 5.20. The molecule has 1 N–H and O–H groups in total. The Morgan fingerprint density at radius 1 is 1.35 bits per heavy atom. The van der Waals surface area contributed by atoms with Crippen LogP contribution >= 0.6 is 0 Å². The first-order valence-corrected chi connectivity index (χ1v) is 5.86. The monoisotopic (exact) mass is 235 g/mol. The molecule has 5 nitrogen and oxygen atoms in total. The second-order valence-electron chi connectivity index (χ2n) is 3.94. The Morgan fingerprint density at radius 2 is 2.06 bits per heavy atom. The predicted molar refractivity (Wildman–Crippen MR) is 63.7 cm³/mol. The van der Waals surface area contributed by atoms with E-state index in [1.807, 2.05) is 12.1 Å². The van der Waals surface area contributed by atoms with Crippen molar-refractivity contribution in [2.45, 2.75) is 6.42 Å². The van der Waals surface area contributed by atoms with E-state index >= 15 is 0 Å². The summed E-state index contributed by atoms with van der Waals surface area (Å²) in [5.41, 5.74) is 1.18. The van der Waals surface area contributed by atoms with E-state index in [0.29, 0.717) is 32.8 Å². The zero-order valence-electron chi connectivity index (χ0n) is 9.76. The number of morpholine rings is 1. The molecular formula is C12H17N3O2. The van der Waals surface area contributed by atoms with Crippen molar-refractivity contribution in [2.75, 3.05) is 32.8 Å². The number of hydrogen-bond donors (Lipinski definition) is 1. The summed E-state index contributed by atoms with van der Waals surface area (Å²) in [6, 6.07) is 3.92. The number of carbonyl (C=O) groups excluding carboxylic acids is 1. The topological polar surface area (TPSA) is 54.5 Å². The molecule has 17 heavy (non-hydrogen) atoms. The highest BCUT2D eigenvalue weighted by molar-refractivity contribution is 5.74. The molecule has 1 aromatic rings. The molecule has 0 unspecified atom stereocenters. The molecule has 1 aliphatic heterocycles. The van der Waals surface area contributed by atoms with Crippen molar-refractivity contribution in [3.63, 3.8) is 0 Å². The van der Waals surface area contributed by atoms with Gasteiger partial charge >= 0.3 is 6.03 Å². The quantitative estimate of drug-likeness (QED) is 0.837. The molecule has 5 heteroatoms. The van der Waals surface area contributed by atoms with Gasteiger partial charge in [-0.2, -0.15) is 0 Å². The van der Waals surface area contributed by atoms with Crippen LogP contribution in [0.15, 0.2) is 24.5 Å². The molecule has 0 bridgehead atoms. The Morgan fingerprint density at radius 3 is 2.76 bits per heavy atom. The van der Waals surface area contributed by atoms with Crippen LogP contribution in [0.25, 0.3) is 0 Å². The molecule has 0 saturated carbocycles. The molecular weight excluding hydrogens is 218 g/mol. The Bertz CT molecular complexity index is 350. The van der Waals surface area contributed by atoms with Crippen LogP contribution in [0.2, 0.25) is 0 Å². The fourth-order valence-electron chi connectivity index (χ4n) is 1.74. The van der Waals surface area contributed by atoms with E-state index in [1.54, 1.807) is 17.3 Å². The summed E-state index contributed by atoms with van der Waals surface area (Å²) in [5, 5.41) is 2.91. The Hall–Kier alpha value is -1.62.